The summed E-state index contributed by atoms with van der Waals surface area (Å²) in [5, 5.41) is 25.6. The number of benzene rings is 2. The van der Waals surface area contributed by atoms with Crippen LogP contribution in [0.15, 0.2) is 36.9 Å². The molecular formula is C13H7Br2N3O5S. The second-order valence-electron chi connectivity index (χ2n) is 4.65. The Bertz CT molecular complexity index is 906. The molecule has 0 unspecified atom stereocenters. The van der Waals surface area contributed by atoms with E-state index in [1.807, 2.05) is 0 Å². The molecular weight excluding hydrogens is 470 g/mol. The predicted molar refractivity (Wildman–Crippen MR) is 95.6 cm³/mol. The zero-order valence-electron chi connectivity index (χ0n) is 11.8. The van der Waals surface area contributed by atoms with Gasteiger partial charge in [0.15, 0.2) is 0 Å². The van der Waals surface area contributed by atoms with Crippen molar-refractivity contribution >= 4 is 66.4 Å². The molecule has 1 aliphatic heterocycles. The van der Waals surface area contributed by atoms with Gasteiger partial charge in [0.25, 0.3) is 5.69 Å². The molecule has 0 fully saturated rings. The van der Waals surface area contributed by atoms with Crippen LogP contribution in [0.4, 0.5) is 22.7 Å². The number of nitro benzene ring substituents is 2. The molecule has 2 aromatic carbocycles. The van der Waals surface area contributed by atoms with Gasteiger partial charge in [-0.2, -0.15) is 0 Å². The van der Waals surface area contributed by atoms with E-state index in [4.69, 9.17) is 4.74 Å². The number of hydrogen-bond donors (Lipinski definition) is 1. The molecule has 1 heterocycles. The molecule has 1 aliphatic rings. The highest BCUT2D eigenvalue weighted by atomic mass is 79.9. The summed E-state index contributed by atoms with van der Waals surface area (Å²) in [4.78, 5) is 22.8. The van der Waals surface area contributed by atoms with Gasteiger partial charge >= 0.3 is 5.69 Å². The smallest absolute Gasteiger partial charge is 0.307 e. The Morgan fingerprint density at radius 3 is 2.38 bits per heavy atom. The first-order chi connectivity index (χ1) is 11.3. The highest BCUT2D eigenvalue weighted by Crippen LogP contribution is 2.55. The first-order valence-electron chi connectivity index (χ1n) is 6.31. The van der Waals surface area contributed by atoms with Gasteiger partial charge in [0.1, 0.15) is 17.1 Å². The number of anilines is 2. The van der Waals surface area contributed by atoms with Crippen molar-refractivity contribution in [1.29, 1.82) is 0 Å². The topological polar surface area (TPSA) is 108 Å². The Labute approximate surface area is 156 Å². The maximum absolute atomic E-state index is 11.4. The minimum atomic E-state index is -0.557. The van der Waals surface area contributed by atoms with Gasteiger partial charge in [-0.1, -0.05) is 11.8 Å². The summed E-state index contributed by atoms with van der Waals surface area (Å²) < 4.78 is 6.00. The van der Waals surface area contributed by atoms with Crippen LogP contribution in [0, 0.1) is 20.2 Å². The zero-order chi connectivity index (χ0) is 17.6. The fourth-order valence-electron chi connectivity index (χ4n) is 2.26. The predicted octanol–water partition coefficient (Wildman–Crippen LogP) is 5.24. The van der Waals surface area contributed by atoms with Crippen LogP contribution in [0.1, 0.15) is 0 Å². The normalized spacial score (nSPS) is 12.0. The van der Waals surface area contributed by atoms with Gasteiger partial charge in [0, 0.05) is 9.37 Å². The van der Waals surface area contributed by atoms with Crippen LogP contribution in [-0.4, -0.2) is 17.0 Å². The van der Waals surface area contributed by atoms with Crippen LogP contribution in [0.25, 0.3) is 0 Å². The summed E-state index contributed by atoms with van der Waals surface area (Å²) >= 11 is 7.73. The number of methoxy groups -OCH3 is 1. The van der Waals surface area contributed by atoms with Crippen molar-refractivity contribution in [3.63, 3.8) is 0 Å². The average Bonchev–Trinajstić information content (AvgIpc) is 2.51. The number of hydrogen-bond acceptors (Lipinski definition) is 7. The van der Waals surface area contributed by atoms with Crippen molar-refractivity contribution in [3.05, 3.63) is 47.4 Å². The van der Waals surface area contributed by atoms with Crippen molar-refractivity contribution in [2.24, 2.45) is 0 Å². The molecule has 11 heteroatoms. The Hall–Kier alpha value is -1.85. The van der Waals surface area contributed by atoms with Crippen molar-refractivity contribution in [1.82, 2.24) is 0 Å². The maximum Gasteiger partial charge on any atom is 0.307 e. The fourth-order valence-corrected chi connectivity index (χ4v) is 4.87. The van der Waals surface area contributed by atoms with E-state index < -0.39 is 9.85 Å². The third-order valence-corrected chi connectivity index (χ3v) is 5.95. The van der Waals surface area contributed by atoms with E-state index in [-0.39, 0.29) is 27.2 Å². The first-order valence-corrected chi connectivity index (χ1v) is 8.71. The van der Waals surface area contributed by atoms with Crippen LogP contribution in [0.2, 0.25) is 0 Å². The highest BCUT2D eigenvalue weighted by Gasteiger charge is 2.33. The van der Waals surface area contributed by atoms with E-state index in [9.17, 15) is 20.2 Å². The number of halogens is 2. The van der Waals surface area contributed by atoms with Crippen LogP contribution in [0.3, 0.4) is 0 Å². The molecule has 0 amide bonds. The maximum atomic E-state index is 11.4. The second-order valence-corrected chi connectivity index (χ2v) is 7.41. The lowest BCUT2D eigenvalue weighted by Crippen LogP contribution is -2.07. The minimum Gasteiger partial charge on any atom is -0.496 e. The quantitative estimate of drug-likeness (QED) is 0.406. The van der Waals surface area contributed by atoms with Crippen molar-refractivity contribution < 1.29 is 14.6 Å². The molecule has 0 aromatic heterocycles. The van der Waals surface area contributed by atoms with Gasteiger partial charge in [-0.15, -0.1) is 0 Å². The Balaban J connectivity index is 2.27. The van der Waals surface area contributed by atoms with Gasteiger partial charge in [0.2, 0.25) is 0 Å². The zero-order valence-corrected chi connectivity index (χ0v) is 15.8. The lowest BCUT2D eigenvalue weighted by molar-refractivity contribution is -0.385. The first kappa shape index (κ1) is 17.0. The number of rotatable bonds is 3. The molecule has 124 valence electrons. The van der Waals surface area contributed by atoms with E-state index in [0.29, 0.717) is 20.0 Å². The Kier molecular flexibility index (Phi) is 4.40. The van der Waals surface area contributed by atoms with Crippen LogP contribution in [-0.2, 0) is 0 Å². The molecule has 0 saturated heterocycles. The minimum absolute atomic E-state index is 0.184. The third kappa shape index (κ3) is 2.72. The number of fused-ring (bicyclic) bond motifs is 2. The van der Waals surface area contributed by atoms with E-state index in [0.717, 1.165) is 0 Å². The van der Waals surface area contributed by atoms with Crippen LogP contribution >= 0.6 is 43.6 Å². The monoisotopic (exact) mass is 475 g/mol. The van der Waals surface area contributed by atoms with Gasteiger partial charge in [0.05, 0.1) is 32.4 Å². The molecule has 0 atom stereocenters. The lowest BCUT2D eigenvalue weighted by Gasteiger charge is -2.22. The van der Waals surface area contributed by atoms with Gasteiger partial charge in [-0.3, -0.25) is 20.2 Å². The van der Waals surface area contributed by atoms with Crippen LogP contribution in [0.5, 0.6) is 5.75 Å². The number of nitro groups is 2. The summed E-state index contributed by atoms with van der Waals surface area (Å²) in [7, 11) is 1.41. The van der Waals surface area contributed by atoms with Gasteiger partial charge < -0.3 is 10.1 Å². The molecule has 1 N–H and O–H groups in total. The van der Waals surface area contributed by atoms with Crippen molar-refractivity contribution in [2.75, 3.05) is 12.4 Å². The molecule has 2 aromatic rings. The molecule has 0 aliphatic carbocycles. The van der Waals surface area contributed by atoms with Crippen molar-refractivity contribution in [3.8, 4) is 5.75 Å². The Morgan fingerprint density at radius 1 is 1.08 bits per heavy atom. The molecule has 24 heavy (non-hydrogen) atoms. The van der Waals surface area contributed by atoms with E-state index in [2.05, 4.69) is 37.2 Å². The molecule has 0 saturated carbocycles. The summed E-state index contributed by atoms with van der Waals surface area (Å²) in [5.74, 6) is 0.334. The van der Waals surface area contributed by atoms with Crippen LogP contribution < -0.4 is 10.1 Å². The summed E-state index contributed by atoms with van der Waals surface area (Å²) in [6, 6.07) is 4.49. The average molecular weight is 477 g/mol. The number of nitrogens with zero attached hydrogens (tertiary/aromatic N) is 2. The fraction of sp³-hybridized carbons (Fsp3) is 0.0769. The highest BCUT2D eigenvalue weighted by molar-refractivity contribution is 9.11. The molecule has 8 nitrogen and oxygen atoms in total. The lowest BCUT2D eigenvalue weighted by atomic mass is 10.2. The van der Waals surface area contributed by atoms with E-state index >= 15 is 0 Å². The second kappa shape index (κ2) is 6.22. The SMILES string of the molecule is COc1cc2c(c([N+](=O)[O-])c1)Nc1c(c(Br)cc(Br)c1[N+](=O)[O-])S2. The largest absolute Gasteiger partial charge is 0.496 e. The molecule has 0 bridgehead atoms. The van der Waals surface area contributed by atoms with Gasteiger partial charge in [-0.05, 0) is 44.0 Å². The summed E-state index contributed by atoms with van der Waals surface area (Å²) in [5.41, 5.74) is 0.00257. The summed E-state index contributed by atoms with van der Waals surface area (Å²) in [6.07, 6.45) is 0. The molecule has 0 radical (unpaired) electrons. The number of nitrogens with one attached hydrogen (secondary N) is 1. The Morgan fingerprint density at radius 2 is 1.79 bits per heavy atom. The molecule has 0 spiro atoms. The molecule has 3 rings (SSSR count). The standard InChI is InChI=1S/C13H7Br2N3O5S/c1-23-5-2-8(17(19)20)10-9(3-5)24-13-7(15)4-6(14)12(18(21)22)11(13)16-10/h2-4,16H,1H3. The van der Waals surface area contributed by atoms with E-state index in [1.54, 1.807) is 12.1 Å². The third-order valence-electron chi connectivity index (χ3n) is 3.29. The number of ether oxygens (including phenoxy) is 1. The van der Waals surface area contributed by atoms with E-state index in [1.165, 1.54) is 24.9 Å². The van der Waals surface area contributed by atoms with Gasteiger partial charge in [-0.25, -0.2) is 0 Å². The van der Waals surface area contributed by atoms with Crippen molar-refractivity contribution in [2.45, 2.75) is 9.79 Å². The summed E-state index contributed by atoms with van der Waals surface area (Å²) in [6.45, 7) is 0.